The molecule has 2 fully saturated rings. The fourth-order valence-corrected chi connectivity index (χ4v) is 3.80. The molecule has 0 amide bonds. The van der Waals surface area contributed by atoms with Gasteiger partial charge in [-0.3, -0.25) is 0 Å². The van der Waals surface area contributed by atoms with Crippen molar-refractivity contribution in [3.8, 4) is 11.5 Å². The van der Waals surface area contributed by atoms with E-state index < -0.39 is 0 Å². The number of aromatic nitrogens is 1. The standard InChI is InChI=1S/C18H21ClN2O3/c19-14-3-1-2-13(10-14)17-21-15(12-23-17)11-20-16-4-7-24-18(16)5-8-22-9-6-18/h1-3,10,12,16,20H,4-9,11H2. The zero-order valence-electron chi connectivity index (χ0n) is 13.5. The van der Waals surface area contributed by atoms with Crippen molar-refractivity contribution >= 4 is 11.6 Å². The Labute approximate surface area is 146 Å². The normalized spacial score (nSPS) is 23.0. The minimum atomic E-state index is -0.0717. The van der Waals surface area contributed by atoms with Crippen LogP contribution in [0.3, 0.4) is 0 Å². The van der Waals surface area contributed by atoms with Crippen LogP contribution in [0.25, 0.3) is 11.5 Å². The highest BCUT2D eigenvalue weighted by Crippen LogP contribution is 2.35. The van der Waals surface area contributed by atoms with Gasteiger partial charge in [0.05, 0.1) is 11.3 Å². The predicted octanol–water partition coefficient (Wildman–Crippen LogP) is 3.42. The molecule has 0 saturated carbocycles. The maximum absolute atomic E-state index is 6.07. The first-order valence-corrected chi connectivity index (χ1v) is 8.78. The highest BCUT2D eigenvalue weighted by molar-refractivity contribution is 6.30. The van der Waals surface area contributed by atoms with E-state index in [-0.39, 0.29) is 5.60 Å². The highest BCUT2D eigenvalue weighted by atomic mass is 35.5. The summed E-state index contributed by atoms with van der Waals surface area (Å²) in [6.45, 7) is 3.03. The molecule has 24 heavy (non-hydrogen) atoms. The number of ether oxygens (including phenoxy) is 2. The smallest absolute Gasteiger partial charge is 0.226 e. The topological polar surface area (TPSA) is 56.5 Å². The van der Waals surface area contributed by atoms with E-state index in [1.165, 1.54) is 0 Å². The lowest BCUT2D eigenvalue weighted by Gasteiger charge is -2.37. The van der Waals surface area contributed by atoms with Crippen molar-refractivity contribution in [1.82, 2.24) is 10.3 Å². The molecule has 0 aliphatic carbocycles. The molecule has 1 atom stereocenters. The first kappa shape index (κ1) is 16.1. The van der Waals surface area contributed by atoms with Crippen LogP contribution in [0, 0.1) is 0 Å². The molecule has 1 aromatic carbocycles. The van der Waals surface area contributed by atoms with E-state index in [1.54, 1.807) is 6.26 Å². The molecule has 5 nitrogen and oxygen atoms in total. The molecule has 0 bridgehead atoms. The number of nitrogens with zero attached hydrogens (tertiary/aromatic N) is 1. The van der Waals surface area contributed by atoms with Crippen molar-refractivity contribution in [3.05, 3.63) is 41.2 Å². The summed E-state index contributed by atoms with van der Waals surface area (Å²) >= 11 is 6.03. The first-order chi connectivity index (χ1) is 11.8. The van der Waals surface area contributed by atoms with Crippen LogP contribution in [-0.2, 0) is 16.0 Å². The van der Waals surface area contributed by atoms with E-state index in [0.717, 1.165) is 50.3 Å². The molecule has 0 radical (unpaired) electrons. The first-order valence-electron chi connectivity index (χ1n) is 8.41. The summed E-state index contributed by atoms with van der Waals surface area (Å²) in [6, 6.07) is 7.87. The summed E-state index contributed by atoms with van der Waals surface area (Å²) in [7, 11) is 0. The van der Waals surface area contributed by atoms with Crippen molar-refractivity contribution in [2.24, 2.45) is 0 Å². The minimum absolute atomic E-state index is 0.0717. The molecule has 2 aromatic rings. The quantitative estimate of drug-likeness (QED) is 0.917. The predicted molar refractivity (Wildman–Crippen MR) is 90.9 cm³/mol. The Hall–Kier alpha value is -1.40. The van der Waals surface area contributed by atoms with Crippen LogP contribution >= 0.6 is 11.6 Å². The van der Waals surface area contributed by atoms with Gasteiger partial charge in [0.2, 0.25) is 5.89 Å². The molecule has 1 aromatic heterocycles. The monoisotopic (exact) mass is 348 g/mol. The van der Waals surface area contributed by atoms with E-state index in [2.05, 4.69) is 10.3 Å². The van der Waals surface area contributed by atoms with Crippen molar-refractivity contribution < 1.29 is 13.9 Å². The van der Waals surface area contributed by atoms with Gasteiger partial charge in [0, 0.05) is 55.8 Å². The second kappa shape index (κ2) is 6.84. The zero-order chi connectivity index (χ0) is 16.4. The highest BCUT2D eigenvalue weighted by Gasteiger charge is 2.45. The lowest BCUT2D eigenvalue weighted by molar-refractivity contribution is -0.0886. The third-order valence-corrected chi connectivity index (χ3v) is 5.16. The van der Waals surface area contributed by atoms with Crippen molar-refractivity contribution in [3.63, 3.8) is 0 Å². The van der Waals surface area contributed by atoms with Crippen molar-refractivity contribution in [2.45, 2.75) is 37.5 Å². The van der Waals surface area contributed by atoms with Crippen LogP contribution in [0.2, 0.25) is 5.02 Å². The summed E-state index contributed by atoms with van der Waals surface area (Å²) in [5, 5.41) is 4.28. The fraction of sp³-hybridized carbons (Fsp3) is 0.500. The molecule has 1 N–H and O–H groups in total. The third-order valence-electron chi connectivity index (χ3n) is 4.92. The van der Waals surface area contributed by atoms with E-state index >= 15 is 0 Å². The molecule has 1 unspecified atom stereocenters. The molecule has 128 valence electrons. The van der Waals surface area contributed by atoms with Gasteiger partial charge in [0.15, 0.2) is 0 Å². The van der Waals surface area contributed by atoms with E-state index in [9.17, 15) is 0 Å². The Morgan fingerprint density at radius 3 is 2.96 bits per heavy atom. The summed E-state index contributed by atoms with van der Waals surface area (Å²) < 4.78 is 17.1. The van der Waals surface area contributed by atoms with Crippen LogP contribution in [-0.4, -0.2) is 36.4 Å². The minimum Gasteiger partial charge on any atom is -0.444 e. The Kier molecular flexibility index (Phi) is 4.59. The Morgan fingerprint density at radius 1 is 1.25 bits per heavy atom. The number of hydrogen-bond donors (Lipinski definition) is 1. The van der Waals surface area contributed by atoms with Crippen LogP contribution in [0.1, 0.15) is 25.0 Å². The van der Waals surface area contributed by atoms with Gasteiger partial charge in [-0.05, 0) is 24.6 Å². The van der Waals surface area contributed by atoms with Gasteiger partial charge in [-0.15, -0.1) is 0 Å². The maximum Gasteiger partial charge on any atom is 0.226 e. The maximum atomic E-state index is 6.07. The molecule has 2 aliphatic rings. The van der Waals surface area contributed by atoms with Gasteiger partial charge in [0.1, 0.15) is 6.26 Å². The lowest BCUT2D eigenvalue weighted by Crippen LogP contribution is -2.50. The van der Waals surface area contributed by atoms with Crippen LogP contribution < -0.4 is 5.32 Å². The van der Waals surface area contributed by atoms with Crippen molar-refractivity contribution in [1.29, 1.82) is 0 Å². The molecular weight excluding hydrogens is 328 g/mol. The SMILES string of the molecule is Clc1cccc(-c2nc(CNC3CCOC34CCOCC4)co2)c1. The van der Waals surface area contributed by atoms with Gasteiger partial charge in [0.25, 0.3) is 0 Å². The second-order valence-electron chi connectivity index (χ2n) is 6.40. The van der Waals surface area contributed by atoms with E-state index in [0.29, 0.717) is 23.5 Å². The average molecular weight is 349 g/mol. The Balaban J connectivity index is 1.41. The largest absolute Gasteiger partial charge is 0.444 e. The fourth-order valence-electron chi connectivity index (χ4n) is 3.61. The van der Waals surface area contributed by atoms with Gasteiger partial charge >= 0.3 is 0 Å². The molecule has 3 heterocycles. The average Bonchev–Trinajstić information content (AvgIpc) is 3.21. The van der Waals surface area contributed by atoms with Crippen LogP contribution in [0.4, 0.5) is 0 Å². The number of hydrogen-bond acceptors (Lipinski definition) is 5. The van der Waals surface area contributed by atoms with E-state index in [1.807, 2.05) is 24.3 Å². The van der Waals surface area contributed by atoms with Gasteiger partial charge in [-0.1, -0.05) is 17.7 Å². The third kappa shape index (κ3) is 3.22. The van der Waals surface area contributed by atoms with E-state index in [4.69, 9.17) is 25.5 Å². The summed E-state index contributed by atoms with van der Waals surface area (Å²) in [6.07, 6.45) is 4.64. The Bertz CT molecular complexity index is 697. The molecule has 4 rings (SSSR count). The summed E-state index contributed by atoms with van der Waals surface area (Å²) in [4.78, 5) is 4.56. The van der Waals surface area contributed by atoms with Gasteiger partial charge in [-0.25, -0.2) is 4.98 Å². The number of halogens is 1. The number of oxazole rings is 1. The molecule has 2 saturated heterocycles. The molecule has 2 aliphatic heterocycles. The summed E-state index contributed by atoms with van der Waals surface area (Å²) in [5.41, 5.74) is 1.70. The van der Waals surface area contributed by atoms with Crippen LogP contribution in [0.5, 0.6) is 0 Å². The van der Waals surface area contributed by atoms with Crippen LogP contribution in [0.15, 0.2) is 34.9 Å². The Morgan fingerprint density at radius 2 is 2.12 bits per heavy atom. The number of benzene rings is 1. The number of nitrogens with one attached hydrogen (secondary N) is 1. The summed E-state index contributed by atoms with van der Waals surface area (Å²) in [5.74, 6) is 0.595. The van der Waals surface area contributed by atoms with Gasteiger partial charge in [-0.2, -0.15) is 0 Å². The second-order valence-corrected chi connectivity index (χ2v) is 6.84. The zero-order valence-corrected chi connectivity index (χ0v) is 14.2. The van der Waals surface area contributed by atoms with Crippen molar-refractivity contribution in [2.75, 3.05) is 19.8 Å². The molecule has 6 heteroatoms. The van der Waals surface area contributed by atoms with Gasteiger partial charge < -0.3 is 19.2 Å². The number of rotatable bonds is 4. The molecular formula is C18H21ClN2O3. The molecule has 1 spiro atoms. The lowest BCUT2D eigenvalue weighted by atomic mass is 9.86.